The van der Waals surface area contributed by atoms with Crippen LogP contribution in [0.25, 0.3) is 0 Å². The number of carbonyl (C=O) groups excluding carboxylic acids is 5. The van der Waals surface area contributed by atoms with E-state index >= 15 is 0 Å². The molecule has 3 rings (SSSR count). The summed E-state index contributed by atoms with van der Waals surface area (Å²) in [5, 5.41) is 24.1. The number of anilines is 1. The van der Waals surface area contributed by atoms with Crippen molar-refractivity contribution in [2.24, 2.45) is 11.8 Å². The Balaban J connectivity index is 1.84. The summed E-state index contributed by atoms with van der Waals surface area (Å²) in [5.74, 6) is -2.17. The third-order valence-electron chi connectivity index (χ3n) is 8.44. The summed E-state index contributed by atoms with van der Waals surface area (Å²) in [6.45, 7) is 7.47. The van der Waals surface area contributed by atoms with Crippen LogP contribution in [-0.2, 0) is 24.0 Å². The predicted molar refractivity (Wildman–Crippen MR) is 163 cm³/mol. The highest BCUT2D eigenvalue weighted by Gasteiger charge is 2.39. The molecule has 0 radical (unpaired) electrons. The molecule has 0 spiro atoms. The van der Waals surface area contributed by atoms with Crippen molar-refractivity contribution in [3.05, 3.63) is 12.4 Å². The molecular weight excluding hydrogens is 552 g/mol. The Labute approximate surface area is 254 Å². The molecule has 1 aliphatic carbocycles. The fraction of sp³-hybridized carbons (Fsp3) is 0.733. The molecule has 7 N–H and O–H groups in total. The van der Waals surface area contributed by atoms with Crippen LogP contribution < -0.4 is 31.9 Å². The summed E-state index contributed by atoms with van der Waals surface area (Å²) < 4.78 is 0. The minimum absolute atomic E-state index is 0.0981. The highest BCUT2D eigenvalue weighted by molar-refractivity contribution is 5.97. The molecule has 1 saturated heterocycles. The third-order valence-corrected chi connectivity index (χ3v) is 8.44. The molecule has 0 bridgehead atoms. The van der Waals surface area contributed by atoms with Crippen LogP contribution in [0.15, 0.2) is 12.4 Å². The van der Waals surface area contributed by atoms with Crippen LogP contribution in [-0.4, -0.2) is 76.5 Å². The lowest BCUT2D eigenvalue weighted by molar-refractivity contribution is -0.138. The molecular formula is C30H50N8O5. The van der Waals surface area contributed by atoms with Crippen molar-refractivity contribution in [2.75, 3.05) is 18.4 Å². The number of hydrogen-bond acceptors (Lipinski definition) is 7. The Morgan fingerprint density at radius 3 is 2.35 bits per heavy atom. The fourth-order valence-corrected chi connectivity index (χ4v) is 5.57. The molecule has 1 aromatic heterocycles. The first-order valence-corrected chi connectivity index (χ1v) is 15.8. The van der Waals surface area contributed by atoms with Gasteiger partial charge in [-0.05, 0) is 44.9 Å². The van der Waals surface area contributed by atoms with Crippen molar-refractivity contribution in [3.8, 4) is 0 Å². The van der Waals surface area contributed by atoms with Gasteiger partial charge in [0.2, 0.25) is 29.5 Å². The Hall–Kier alpha value is -3.64. The number of H-pyrrole nitrogens is 1. The summed E-state index contributed by atoms with van der Waals surface area (Å²) >= 11 is 0. The van der Waals surface area contributed by atoms with E-state index in [9.17, 15) is 24.0 Å². The van der Waals surface area contributed by atoms with E-state index in [0.717, 1.165) is 31.4 Å². The molecule has 0 aromatic carbocycles. The van der Waals surface area contributed by atoms with E-state index in [1.165, 1.54) is 6.42 Å². The van der Waals surface area contributed by atoms with E-state index in [1.807, 2.05) is 0 Å². The van der Waals surface area contributed by atoms with Crippen molar-refractivity contribution in [2.45, 2.75) is 116 Å². The van der Waals surface area contributed by atoms with Gasteiger partial charge in [-0.25, -0.2) is 0 Å². The summed E-state index contributed by atoms with van der Waals surface area (Å²) in [6, 6.07) is -2.60. The lowest BCUT2D eigenvalue weighted by Gasteiger charge is -2.34. The second-order valence-electron chi connectivity index (χ2n) is 12.4. The molecule has 2 aliphatic rings. The number of aromatic nitrogens is 2. The molecule has 13 nitrogen and oxygen atoms in total. The highest BCUT2D eigenvalue weighted by atomic mass is 16.2. The first-order chi connectivity index (χ1) is 20.5. The van der Waals surface area contributed by atoms with Crippen LogP contribution in [0.1, 0.15) is 91.9 Å². The standard InChI is InChI=1S/C30H50N8O5/c1-5-22-27(41)36-24(16-20-10-7-6-8-11-20)26(40)32-15-13-30(4,38-25(39)19(2)3)29(43)37-23(28(42)35-22)12-9-14-31-21-17-33-34-18-21/h17-20,22-24,31H,5-16H2,1-4H3,(H,32,40)(H,33,34)(H,35,42)(H,36,41)(H,37,43)(H,38,39)/t22-,23-,24+,30+/m0/s1. The normalized spacial score (nSPS) is 26.5. The lowest BCUT2D eigenvalue weighted by Crippen LogP contribution is -2.63. The van der Waals surface area contributed by atoms with Gasteiger partial charge in [0.1, 0.15) is 23.7 Å². The van der Waals surface area contributed by atoms with Crippen molar-refractivity contribution < 1.29 is 24.0 Å². The molecule has 5 amide bonds. The van der Waals surface area contributed by atoms with Crippen molar-refractivity contribution in [1.29, 1.82) is 0 Å². The van der Waals surface area contributed by atoms with Gasteiger partial charge in [-0.3, -0.25) is 29.1 Å². The fourth-order valence-electron chi connectivity index (χ4n) is 5.57. The Bertz CT molecular complexity index is 1090. The van der Waals surface area contributed by atoms with Crippen molar-refractivity contribution >= 4 is 35.2 Å². The predicted octanol–water partition coefficient (Wildman–Crippen LogP) is 1.49. The quantitative estimate of drug-likeness (QED) is 0.198. The zero-order valence-electron chi connectivity index (χ0n) is 26.0. The lowest BCUT2D eigenvalue weighted by atomic mass is 9.84. The molecule has 2 heterocycles. The number of aromatic amines is 1. The minimum Gasteiger partial charge on any atom is -0.383 e. The SMILES string of the molecule is CC[C@@H]1NC(=O)[C@H](CCCNc2cn[nH]c2)NC(=O)[C@](C)(NC(=O)C(C)C)CCNC(=O)[C@@H](CC2CCCCC2)NC1=O. The first-order valence-electron chi connectivity index (χ1n) is 15.8. The van der Waals surface area contributed by atoms with Gasteiger partial charge in [0.15, 0.2) is 0 Å². The number of amides is 5. The Morgan fingerprint density at radius 2 is 1.70 bits per heavy atom. The van der Waals surface area contributed by atoms with Crippen LogP contribution in [0, 0.1) is 11.8 Å². The largest absolute Gasteiger partial charge is 0.383 e. The average molecular weight is 603 g/mol. The highest BCUT2D eigenvalue weighted by Crippen LogP contribution is 2.27. The Kier molecular flexibility index (Phi) is 12.8. The number of carbonyl (C=O) groups is 5. The summed E-state index contributed by atoms with van der Waals surface area (Å²) in [6.07, 6.45) is 10.5. The van der Waals surface area contributed by atoms with Crippen LogP contribution >= 0.6 is 0 Å². The van der Waals surface area contributed by atoms with Gasteiger partial charge in [0.25, 0.3) is 0 Å². The van der Waals surface area contributed by atoms with Crippen LogP contribution in [0.2, 0.25) is 0 Å². The van der Waals surface area contributed by atoms with Crippen molar-refractivity contribution in [3.63, 3.8) is 0 Å². The Morgan fingerprint density at radius 1 is 1.00 bits per heavy atom. The molecule has 0 unspecified atom stereocenters. The number of nitrogens with one attached hydrogen (secondary N) is 7. The maximum atomic E-state index is 13.7. The molecule has 13 heteroatoms. The second-order valence-corrected chi connectivity index (χ2v) is 12.4. The molecule has 1 aromatic rings. The van der Waals surface area contributed by atoms with Crippen LogP contribution in [0.5, 0.6) is 0 Å². The summed E-state index contributed by atoms with van der Waals surface area (Å²) in [5.41, 5.74) is -0.588. The van der Waals surface area contributed by atoms with E-state index < -0.39 is 41.4 Å². The molecule has 1 aliphatic heterocycles. The number of hydrogen-bond donors (Lipinski definition) is 7. The average Bonchev–Trinajstić information content (AvgIpc) is 3.50. The van der Waals surface area contributed by atoms with Gasteiger partial charge in [0, 0.05) is 25.2 Å². The maximum absolute atomic E-state index is 13.7. The third kappa shape index (κ3) is 10.2. The van der Waals surface area contributed by atoms with E-state index in [4.69, 9.17) is 0 Å². The van der Waals surface area contributed by atoms with Gasteiger partial charge in [-0.15, -0.1) is 0 Å². The van der Waals surface area contributed by atoms with E-state index in [2.05, 4.69) is 42.1 Å². The second kappa shape index (κ2) is 16.3. The van der Waals surface area contributed by atoms with Gasteiger partial charge < -0.3 is 31.9 Å². The molecule has 2 fully saturated rings. The summed E-state index contributed by atoms with van der Waals surface area (Å²) in [7, 11) is 0. The monoisotopic (exact) mass is 602 g/mol. The molecule has 43 heavy (non-hydrogen) atoms. The first kappa shape index (κ1) is 33.9. The summed E-state index contributed by atoms with van der Waals surface area (Å²) in [4.78, 5) is 66.7. The van der Waals surface area contributed by atoms with E-state index in [0.29, 0.717) is 31.7 Å². The van der Waals surface area contributed by atoms with Gasteiger partial charge in [-0.1, -0.05) is 52.9 Å². The molecule has 240 valence electrons. The van der Waals surface area contributed by atoms with Gasteiger partial charge >= 0.3 is 0 Å². The van der Waals surface area contributed by atoms with Crippen LogP contribution in [0.4, 0.5) is 5.69 Å². The molecule has 1 saturated carbocycles. The smallest absolute Gasteiger partial charge is 0.246 e. The molecule has 4 atom stereocenters. The number of rotatable bonds is 10. The number of nitrogens with zero attached hydrogens (tertiary/aromatic N) is 1. The van der Waals surface area contributed by atoms with E-state index in [-0.39, 0.29) is 37.1 Å². The van der Waals surface area contributed by atoms with Gasteiger partial charge in [0.05, 0.1) is 11.9 Å². The zero-order chi connectivity index (χ0) is 31.4. The topological polar surface area (TPSA) is 186 Å². The van der Waals surface area contributed by atoms with Crippen molar-refractivity contribution in [1.82, 2.24) is 36.8 Å². The minimum atomic E-state index is -1.39. The van der Waals surface area contributed by atoms with Gasteiger partial charge in [-0.2, -0.15) is 5.10 Å². The van der Waals surface area contributed by atoms with E-state index in [1.54, 1.807) is 40.1 Å². The van der Waals surface area contributed by atoms with Crippen LogP contribution in [0.3, 0.4) is 0 Å². The zero-order valence-corrected chi connectivity index (χ0v) is 26.0. The maximum Gasteiger partial charge on any atom is 0.246 e.